The van der Waals surface area contributed by atoms with Crippen LogP contribution in [-0.2, 0) is 11.3 Å². The molecule has 1 saturated heterocycles. The molecule has 0 aromatic carbocycles. The molecular formula is C12H21N3O. The Morgan fingerprint density at radius 2 is 2.44 bits per heavy atom. The van der Waals surface area contributed by atoms with E-state index in [2.05, 4.69) is 36.3 Å². The highest BCUT2D eigenvalue weighted by Gasteiger charge is 2.28. The molecule has 1 aliphatic heterocycles. The van der Waals surface area contributed by atoms with E-state index in [0.717, 1.165) is 31.7 Å². The lowest BCUT2D eigenvalue weighted by atomic mass is 9.94. The molecule has 1 aromatic rings. The van der Waals surface area contributed by atoms with Gasteiger partial charge in [0.25, 0.3) is 0 Å². The zero-order valence-corrected chi connectivity index (χ0v) is 10.3. The third-order valence-electron chi connectivity index (χ3n) is 3.21. The average molecular weight is 223 g/mol. The summed E-state index contributed by atoms with van der Waals surface area (Å²) in [5.74, 6) is 0. The predicted molar refractivity (Wildman–Crippen MR) is 63.2 cm³/mol. The lowest BCUT2D eigenvalue weighted by Crippen LogP contribution is -2.43. The highest BCUT2D eigenvalue weighted by Crippen LogP contribution is 2.24. The predicted octanol–water partition coefficient (Wildman–Crippen LogP) is 1.77. The fourth-order valence-electron chi connectivity index (χ4n) is 2.21. The van der Waals surface area contributed by atoms with Gasteiger partial charge in [-0.2, -0.15) is 5.10 Å². The number of ether oxygens (including phenoxy) is 1. The highest BCUT2D eigenvalue weighted by molar-refractivity contribution is 5.13. The Labute approximate surface area is 96.8 Å². The Kier molecular flexibility index (Phi) is 3.30. The van der Waals surface area contributed by atoms with Crippen LogP contribution in [-0.4, -0.2) is 28.4 Å². The van der Waals surface area contributed by atoms with Gasteiger partial charge in [0.2, 0.25) is 0 Å². The molecule has 90 valence electrons. The first-order chi connectivity index (χ1) is 7.57. The SMILES string of the molecule is Cc1[nH]ncc1CNC1CCOC(C)(C)C1. The van der Waals surface area contributed by atoms with Crippen LogP contribution >= 0.6 is 0 Å². The van der Waals surface area contributed by atoms with Gasteiger partial charge < -0.3 is 10.1 Å². The molecule has 1 aliphatic rings. The summed E-state index contributed by atoms with van der Waals surface area (Å²) in [4.78, 5) is 0. The van der Waals surface area contributed by atoms with Crippen molar-refractivity contribution in [3.05, 3.63) is 17.5 Å². The lowest BCUT2D eigenvalue weighted by molar-refractivity contribution is -0.0630. The van der Waals surface area contributed by atoms with Crippen molar-refractivity contribution in [2.45, 2.75) is 51.8 Å². The standard InChI is InChI=1S/C12H21N3O/c1-9-10(8-14-15-9)7-13-11-4-5-16-12(2,3)6-11/h8,11,13H,4-7H2,1-3H3,(H,14,15). The molecule has 0 amide bonds. The minimum absolute atomic E-state index is 0.0152. The summed E-state index contributed by atoms with van der Waals surface area (Å²) in [5.41, 5.74) is 2.42. The third kappa shape index (κ3) is 2.83. The van der Waals surface area contributed by atoms with Crippen LogP contribution in [0, 0.1) is 6.92 Å². The second kappa shape index (κ2) is 4.55. The summed E-state index contributed by atoms with van der Waals surface area (Å²) in [6.07, 6.45) is 4.07. The van der Waals surface area contributed by atoms with Gasteiger partial charge in [-0.25, -0.2) is 0 Å². The molecular weight excluding hydrogens is 202 g/mol. The summed E-state index contributed by atoms with van der Waals surface area (Å²) in [6, 6.07) is 0.554. The lowest BCUT2D eigenvalue weighted by Gasteiger charge is -2.36. The zero-order chi connectivity index (χ0) is 11.6. The number of hydrogen-bond donors (Lipinski definition) is 2. The molecule has 1 fully saturated rings. The zero-order valence-electron chi connectivity index (χ0n) is 10.3. The van der Waals surface area contributed by atoms with Gasteiger partial charge in [-0.3, -0.25) is 5.10 Å². The van der Waals surface area contributed by atoms with Crippen molar-refractivity contribution in [3.63, 3.8) is 0 Å². The first-order valence-electron chi connectivity index (χ1n) is 5.93. The maximum atomic E-state index is 5.70. The number of aromatic amines is 1. The normalized spacial score (nSPS) is 24.6. The molecule has 2 N–H and O–H groups in total. The number of H-pyrrole nitrogens is 1. The topological polar surface area (TPSA) is 49.9 Å². The second-order valence-electron chi connectivity index (χ2n) is 5.20. The van der Waals surface area contributed by atoms with Crippen molar-refractivity contribution >= 4 is 0 Å². The van der Waals surface area contributed by atoms with E-state index in [1.807, 2.05) is 6.20 Å². The van der Waals surface area contributed by atoms with E-state index in [1.165, 1.54) is 5.56 Å². The van der Waals surface area contributed by atoms with Crippen molar-refractivity contribution in [1.29, 1.82) is 0 Å². The van der Waals surface area contributed by atoms with E-state index in [0.29, 0.717) is 6.04 Å². The molecule has 2 rings (SSSR count). The monoisotopic (exact) mass is 223 g/mol. The van der Waals surface area contributed by atoms with Crippen molar-refractivity contribution in [3.8, 4) is 0 Å². The van der Waals surface area contributed by atoms with Gasteiger partial charge in [0, 0.05) is 30.5 Å². The molecule has 1 aromatic heterocycles. The molecule has 1 atom stereocenters. The minimum atomic E-state index is 0.0152. The molecule has 2 heterocycles. The number of hydrogen-bond acceptors (Lipinski definition) is 3. The summed E-state index contributed by atoms with van der Waals surface area (Å²) in [6.45, 7) is 8.12. The van der Waals surface area contributed by atoms with Crippen LogP contribution in [0.5, 0.6) is 0 Å². The van der Waals surface area contributed by atoms with Crippen LogP contribution in [0.15, 0.2) is 6.20 Å². The largest absolute Gasteiger partial charge is 0.375 e. The van der Waals surface area contributed by atoms with Gasteiger partial charge in [-0.1, -0.05) is 0 Å². The van der Waals surface area contributed by atoms with Crippen LogP contribution < -0.4 is 5.32 Å². The fraction of sp³-hybridized carbons (Fsp3) is 0.750. The van der Waals surface area contributed by atoms with E-state index in [4.69, 9.17) is 4.74 Å². The van der Waals surface area contributed by atoms with Gasteiger partial charge >= 0.3 is 0 Å². The Hall–Kier alpha value is -0.870. The Morgan fingerprint density at radius 3 is 3.06 bits per heavy atom. The van der Waals surface area contributed by atoms with Crippen molar-refractivity contribution < 1.29 is 4.74 Å². The van der Waals surface area contributed by atoms with Gasteiger partial charge in [-0.15, -0.1) is 0 Å². The van der Waals surface area contributed by atoms with E-state index < -0.39 is 0 Å². The molecule has 16 heavy (non-hydrogen) atoms. The van der Waals surface area contributed by atoms with Gasteiger partial charge in [0.15, 0.2) is 0 Å². The number of aromatic nitrogens is 2. The van der Waals surface area contributed by atoms with Gasteiger partial charge in [0.05, 0.1) is 11.8 Å². The molecule has 0 spiro atoms. The molecule has 0 saturated carbocycles. The first kappa shape index (κ1) is 11.6. The minimum Gasteiger partial charge on any atom is -0.375 e. The Balaban J connectivity index is 1.84. The molecule has 0 aliphatic carbocycles. The fourth-order valence-corrected chi connectivity index (χ4v) is 2.21. The maximum absolute atomic E-state index is 5.70. The van der Waals surface area contributed by atoms with E-state index in [1.54, 1.807) is 0 Å². The average Bonchev–Trinajstić information content (AvgIpc) is 2.60. The van der Waals surface area contributed by atoms with Gasteiger partial charge in [0.1, 0.15) is 0 Å². The van der Waals surface area contributed by atoms with Crippen LogP contribution in [0.3, 0.4) is 0 Å². The van der Waals surface area contributed by atoms with Crippen molar-refractivity contribution in [2.24, 2.45) is 0 Å². The number of nitrogens with zero attached hydrogens (tertiary/aromatic N) is 1. The summed E-state index contributed by atoms with van der Waals surface area (Å²) < 4.78 is 5.70. The second-order valence-corrected chi connectivity index (χ2v) is 5.20. The Bertz CT molecular complexity index is 346. The smallest absolute Gasteiger partial charge is 0.0641 e. The molecule has 1 unspecified atom stereocenters. The summed E-state index contributed by atoms with van der Waals surface area (Å²) in [7, 11) is 0. The van der Waals surface area contributed by atoms with Crippen LogP contribution in [0.1, 0.15) is 37.9 Å². The van der Waals surface area contributed by atoms with E-state index in [-0.39, 0.29) is 5.60 Å². The van der Waals surface area contributed by atoms with Crippen molar-refractivity contribution in [2.75, 3.05) is 6.61 Å². The van der Waals surface area contributed by atoms with Gasteiger partial charge in [-0.05, 0) is 33.6 Å². The quantitative estimate of drug-likeness (QED) is 0.821. The highest BCUT2D eigenvalue weighted by atomic mass is 16.5. The molecule has 4 nitrogen and oxygen atoms in total. The summed E-state index contributed by atoms with van der Waals surface area (Å²) in [5, 5.41) is 10.6. The first-order valence-corrected chi connectivity index (χ1v) is 5.93. The van der Waals surface area contributed by atoms with Crippen molar-refractivity contribution in [1.82, 2.24) is 15.5 Å². The Morgan fingerprint density at radius 1 is 1.62 bits per heavy atom. The number of nitrogens with one attached hydrogen (secondary N) is 2. The van der Waals surface area contributed by atoms with Crippen LogP contribution in [0.25, 0.3) is 0 Å². The number of rotatable bonds is 3. The molecule has 4 heteroatoms. The maximum Gasteiger partial charge on any atom is 0.0641 e. The molecule has 0 bridgehead atoms. The van der Waals surface area contributed by atoms with E-state index >= 15 is 0 Å². The van der Waals surface area contributed by atoms with Crippen LogP contribution in [0.4, 0.5) is 0 Å². The summed E-state index contributed by atoms with van der Waals surface area (Å²) >= 11 is 0. The van der Waals surface area contributed by atoms with E-state index in [9.17, 15) is 0 Å². The van der Waals surface area contributed by atoms with Crippen LogP contribution in [0.2, 0.25) is 0 Å². The number of aryl methyl sites for hydroxylation is 1. The third-order valence-corrected chi connectivity index (χ3v) is 3.21. The molecule has 0 radical (unpaired) electrons.